The number of nitrogens with one attached hydrogen (secondary N) is 1. The second-order valence-electron chi connectivity index (χ2n) is 7.61. The first kappa shape index (κ1) is 22.3. The minimum Gasteiger partial charge on any atom is -0.449 e. The van der Waals surface area contributed by atoms with Crippen molar-refractivity contribution in [2.45, 2.75) is 12.8 Å². The zero-order chi connectivity index (χ0) is 22.5. The molecule has 3 aromatic rings. The van der Waals surface area contributed by atoms with Crippen molar-refractivity contribution < 1.29 is 19.4 Å². The highest BCUT2D eigenvalue weighted by atomic mass is 35.5. The van der Waals surface area contributed by atoms with E-state index in [2.05, 4.69) is 5.32 Å². The Morgan fingerprint density at radius 2 is 1.78 bits per heavy atom. The number of hydrogen-bond donors (Lipinski definition) is 2. The number of thiophene rings is 1. The van der Waals surface area contributed by atoms with Gasteiger partial charge in [0.15, 0.2) is 0 Å². The van der Waals surface area contributed by atoms with Crippen LogP contribution in [0.4, 0.5) is 10.5 Å². The molecule has 2 aromatic carbocycles. The van der Waals surface area contributed by atoms with Crippen molar-refractivity contribution in [1.82, 2.24) is 5.32 Å². The number of carbonyl (C=O) groups is 2. The lowest BCUT2D eigenvalue weighted by Crippen LogP contribution is -2.39. The summed E-state index contributed by atoms with van der Waals surface area (Å²) in [6.07, 6.45) is 0.438. The van der Waals surface area contributed by atoms with Crippen molar-refractivity contribution in [3.05, 3.63) is 71.2 Å². The SMILES string of the molecule is O=C(O)Oc1sc(-c2ccccc2)cc1N(CC1CCNCC1)C(=O)c1ccccc1Cl. The third-order valence-corrected chi connectivity index (χ3v) is 6.84. The molecule has 2 heterocycles. The van der Waals surface area contributed by atoms with Crippen LogP contribution in [0.25, 0.3) is 10.4 Å². The summed E-state index contributed by atoms with van der Waals surface area (Å²) in [6.45, 7) is 2.22. The molecule has 1 saturated heterocycles. The number of halogens is 1. The van der Waals surface area contributed by atoms with Crippen LogP contribution in [-0.2, 0) is 0 Å². The molecule has 1 fully saturated rings. The normalized spacial score (nSPS) is 14.2. The molecule has 1 aliphatic rings. The van der Waals surface area contributed by atoms with E-state index >= 15 is 0 Å². The summed E-state index contributed by atoms with van der Waals surface area (Å²) in [6, 6.07) is 18.3. The fourth-order valence-corrected chi connectivity index (χ4v) is 5.07. The molecule has 0 aliphatic carbocycles. The van der Waals surface area contributed by atoms with E-state index in [1.807, 2.05) is 36.4 Å². The molecule has 8 heteroatoms. The minimum absolute atomic E-state index is 0.172. The lowest BCUT2D eigenvalue weighted by molar-refractivity contribution is 0.0979. The van der Waals surface area contributed by atoms with Crippen LogP contribution < -0.4 is 15.0 Å². The second-order valence-corrected chi connectivity index (χ2v) is 9.03. The van der Waals surface area contributed by atoms with Gasteiger partial charge >= 0.3 is 6.16 Å². The molecule has 166 valence electrons. The van der Waals surface area contributed by atoms with Crippen LogP contribution in [0.1, 0.15) is 23.2 Å². The van der Waals surface area contributed by atoms with Gasteiger partial charge in [-0.3, -0.25) is 4.79 Å². The zero-order valence-corrected chi connectivity index (χ0v) is 18.9. The van der Waals surface area contributed by atoms with E-state index in [0.29, 0.717) is 22.8 Å². The van der Waals surface area contributed by atoms with Gasteiger partial charge in [0, 0.05) is 11.4 Å². The van der Waals surface area contributed by atoms with Gasteiger partial charge in [0.1, 0.15) is 0 Å². The number of amides is 1. The fourth-order valence-electron chi connectivity index (χ4n) is 3.84. The molecule has 1 aromatic heterocycles. The molecule has 0 spiro atoms. The Kier molecular flexibility index (Phi) is 7.09. The van der Waals surface area contributed by atoms with Gasteiger partial charge in [-0.05, 0) is 55.6 Å². The molecule has 0 unspecified atom stereocenters. The highest BCUT2D eigenvalue weighted by Gasteiger charge is 2.29. The number of nitrogens with zero attached hydrogens (tertiary/aromatic N) is 1. The summed E-state index contributed by atoms with van der Waals surface area (Å²) < 4.78 is 5.13. The Morgan fingerprint density at radius 1 is 1.09 bits per heavy atom. The van der Waals surface area contributed by atoms with Crippen molar-refractivity contribution in [2.75, 3.05) is 24.5 Å². The zero-order valence-electron chi connectivity index (χ0n) is 17.3. The fraction of sp³-hybridized carbons (Fsp3) is 0.250. The average molecular weight is 471 g/mol. The Labute approximate surface area is 195 Å². The van der Waals surface area contributed by atoms with Crippen molar-refractivity contribution >= 4 is 40.7 Å². The number of anilines is 1. The van der Waals surface area contributed by atoms with Crippen LogP contribution in [0.15, 0.2) is 60.7 Å². The van der Waals surface area contributed by atoms with Crippen LogP contribution in [-0.4, -0.2) is 36.8 Å². The third-order valence-electron chi connectivity index (χ3n) is 5.46. The molecule has 32 heavy (non-hydrogen) atoms. The molecule has 0 atom stereocenters. The smallest absolute Gasteiger partial charge is 0.449 e. The van der Waals surface area contributed by atoms with E-state index in [-0.39, 0.29) is 16.9 Å². The Bertz CT molecular complexity index is 1100. The first-order valence-corrected chi connectivity index (χ1v) is 11.6. The summed E-state index contributed by atoms with van der Waals surface area (Å²) in [5.74, 6) is 0.00206. The van der Waals surface area contributed by atoms with Gasteiger partial charge in [0.2, 0.25) is 5.06 Å². The molecule has 0 radical (unpaired) electrons. The van der Waals surface area contributed by atoms with Gasteiger partial charge in [-0.1, -0.05) is 65.4 Å². The quantitative estimate of drug-likeness (QED) is 0.447. The molecular formula is C24H23ClN2O4S. The van der Waals surface area contributed by atoms with Crippen molar-refractivity contribution in [1.29, 1.82) is 0 Å². The third kappa shape index (κ3) is 5.12. The molecule has 2 N–H and O–H groups in total. The van der Waals surface area contributed by atoms with E-state index in [0.717, 1.165) is 36.4 Å². The number of benzene rings is 2. The Balaban J connectivity index is 1.78. The van der Waals surface area contributed by atoms with E-state index < -0.39 is 6.16 Å². The van der Waals surface area contributed by atoms with E-state index in [4.69, 9.17) is 16.3 Å². The minimum atomic E-state index is -1.42. The number of carbonyl (C=O) groups excluding carboxylic acids is 1. The van der Waals surface area contributed by atoms with Crippen LogP contribution in [0, 0.1) is 5.92 Å². The summed E-state index contributed by atoms with van der Waals surface area (Å²) in [7, 11) is 0. The topological polar surface area (TPSA) is 78.9 Å². The standard InChI is InChI=1S/C24H23ClN2O4S/c25-19-9-5-4-8-18(19)22(28)27(15-16-10-12-26-13-11-16)20-14-21(17-6-2-1-3-7-17)32-23(20)31-24(29)30/h1-9,14,16,26H,10-13,15H2,(H,29,30). The van der Waals surface area contributed by atoms with Crippen LogP contribution >= 0.6 is 22.9 Å². The lowest BCUT2D eigenvalue weighted by atomic mass is 9.97. The van der Waals surface area contributed by atoms with Crippen molar-refractivity contribution in [2.24, 2.45) is 5.92 Å². The number of carboxylic acid groups (broad SMARTS) is 1. The Morgan fingerprint density at radius 3 is 2.47 bits per heavy atom. The predicted molar refractivity (Wildman–Crippen MR) is 127 cm³/mol. The number of rotatable bonds is 6. The maximum absolute atomic E-state index is 13.7. The monoisotopic (exact) mass is 470 g/mol. The van der Waals surface area contributed by atoms with Gasteiger partial charge in [-0.25, -0.2) is 4.79 Å². The van der Waals surface area contributed by atoms with Crippen molar-refractivity contribution in [3.8, 4) is 15.5 Å². The average Bonchev–Trinajstić information content (AvgIpc) is 3.21. The van der Waals surface area contributed by atoms with Gasteiger partial charge in [0.25, 0.3) is 5.91 Å². The molecule has 1 aliphatic heterocycles. The number of ether oxygens (including phenoxy) is 1. The van der Waals surface area contributed by atoms with E-state index in [1.165, 1.54) is 11.3 Å². The van der Waals surface area contributed by atoms with Gasteiger partial charge < -0.3 is 20.1 Å². The molecule has 0 saturated carbocycles. The maximum Gasteiger partial charge on any atom is 0.512 e. The molecule has 0 bridgehead atoms. The van der Waals surface area contributed by atoms with Gasteiger partial charge in [-0.2, -0.15) is 0 Å². The molecule has 6 nitrogen and oxygen atoms in total. The maximum atomic E-state index is 13.7. The highest BCUT2D eigenvalue weighted by Crippen LogP contribution is 2.44. The van der Waals surface area contributed by atoms with E-state index in [9.17, 15) is 14.7 Å². The molecular weight excluding hydrogens is 448 g/mol. The molecule has 1 amide bonds. The van der Waals surface area contributed by atoms with Crippen LogP contribution in [0.3, 0.4) is 0 Å². The second kappa shape index (κ2) is 10.2. The van der Waals surface area contributed by atoms with Crippen molar-refractivity contribution in [3.63, 3.8) is 0 Å². The van der Waals surface area contributed by atoms with Crippen LogP contribution in [0.5, 0.6) is 5.06 Å². The van der Waals surface area contributed by atoms with Gasteiger partial charge in [0.05, 0.1) is 16.3 Å². The predicted octanol–water partition coefficient (Wildman–Crippen LogP) is 5.77. The number of hydrogen-bond acceptors (Lipinski definition) is 5. The highest BCUT2D eigenvalue weighted by molar-refractivity contribution is 7.18. The lowest BCUT2D eigenvalue weighted by Gasteiger charge is -2.30. The summed E-state index contributed by atoms with van der Waals surface area (Å²) >= 11 is 7.54. The Hall–Kier alpha value is -2.87. The first-order chi connectivity index (χ1) is 15.5. The summed E-state index contributed by atoms with van der Waals surface area (Å²) in [5, 5.41) is 13.2. The summed E-state index contributed by atoms with van der Waals surface area (Å²) in [4.78, 5) is 27.5. The van der Waals surface area contributed by atoms with Crippen LogP contribution in [0.2, 0.25) is 5.02 Å². The first-order valence-electron chi connectivity index (χ1n) is 10.4. The summed E-state index contributed by atoms with van der Waals surface area (Å²) in [5.41, 5.74) is 1.74. The number of piperidine rings is 1. The molecule has 4 rings (SSSR count). The van der Waals surface area contributed by atoms with E-state index in [1.54, 1.807) is 29.2 Å². The largest absolute Gasteiger partial charge is 0.512 e. The van der Waals surface area contributed by atoms with Gasteiger partial charge in [-0.15, -0.1) is 0 Å².